The molecule has 0 aromatic carbocycles. The highest BCUT2D eigenvalue weighted by atomic mass is 19.4. The monoisotopic (exact) mass is 212 g/mol. The summed E-state index contributed by atoms with van der Waals surface area (Å²) in [6.45, 7) is 1.58. The molecule has 0 bridgehead atoms. The molecule has 0 spiro atoms. The summed E-state index contributed by atoms with van der Waals surface area (Å²) < 4.78 is 41.4. The third-order valence-electron chi connectivity index (χ3n) is 0.858. The average molecular weight is 212 g/mol. The number of alkyl halides is 3. The number of halogens is 3. The largest absolute Gasteiger partial charge is 0.575 e. The summed E-state index contributed by atoms with van der Waals surface area (Å²) in [5.74, 6) is -2.59. The Bertz CT molecular complexity index is 244. The minimum absolute atomic E-state index is 0.0670. The van der Waals surface area contributed by atoms with Crippen molar-refractivity contribution < 1.29 is 32.2 Å². The van der Waals surface area contributed by atoms with E-state index < -0.39 is 18.3 Å². The Hall–Kier alpha value is -1.53. The first kappa shape index (κ1) is 12.5. The Morgan fingerprint density at radius 2 is 1.71 bits per heavy atom. The highest BCUT2D eigenvalue weighted by molar-refractivity contribution is 5.91. The second-order valence-electron chi connectivity index (χ2n) is 1.95. The van der Waals surface area contributed by atoms with Crippen LogP contribution in [0.4, 0.5) is 13.2 Å². The molecular weight excluding hydrogens is 205 g/mol. The molecule has 4 nitrogen and oxygen atoms in total. The predicted molar refractivity (Wildman–Crippen MR) is 37.9 cm³/mol. The lowest BCUT2D eigenvalue weighted by molar-refractivity contribution is -0.303. The van der Waals surface area contributed by atoms with Crippen molar-refractivity contribution in [1.82, 2.24) is 0 Å². The van der Waals surface area contributed by atoms with Gasteiger partial charge in [-0.1, -0.05) is 0 Å². The van der Waals surface area contributed by atoms with Crippen molar-refractivity contribution in [2.75, 3.05) is 6.61 Å². The third kappa shape index (κ3) is 7.14. The van der Waals surface area contributed by atoms with E-state index in [4.69, 9.17) is 0 Å². The van der Waals surface area contributed by atoms with Crippen LogP contribution in [0.1, 0.15) is 6.92 Å². The molecule has 0 aliphatic carbocycles. The van der Waals surface area contributed by atoms with Crippen LogP contribution in [0.25, 0.3) is 0 Å². The molecule has 0 radical (unpaired) electrons. The van der Waals surface area contributed by atoms with E-state index in [0.717, 1.165) is 0 Å². The number of ether oxygens (including phenoxy) is 2. The predicted octanol–water partition coefficient (Wildman–Crippen LogP) is 1.17. The quantitative estimate of drug-likeness (QED) is 0.520. The van der Waals surface area contributed by atoms with E-state index in [1.165, 1.54) is 6.92 Å². The normalized spacial score (nSPS) is 11.4. The molecule has 0 N–H and O–H groups in total. The zero-order chi connectivity index (χ0) is 11.2. The van der Waals surface area contributed by atoms with Gasteiger partial charge in [0.15, 0.2) is 0 Å². The van der Waals surface area contributed by atoms with Crippen molar-refractivity contribution in [3.8, 4) is 0 Å². The van der Waals surface area contributed by atoms with Crippen molar-refractivity contribution in [3.63, 3.8) is 0 Å². The van der Waals surface area contributed by atoms with Crippen molar-refractivity contribution in [3.05, 3.63) is 12.2 Å². The molecule has 0 heterocycles. The van der Waals surface area contributed by atoms with Crippen LogP contribution in [0.15, 0.2) is 12.2 Å². The SMILES string of the molecule is CCOC(=O)/C=C/C(=O)OC(F)(F)F. The van der Waals surface area contributed by atoms with Crippen molar-refractivity contribution >= 4 is 11.9 Å². The highest BCUT2D eigenvalue weighted by Gasteiger charge is 2.33. The summed E-state index contributed by atoms with van der Waals surface area (Å²) >= 11 is 0. The molecule has 0 fully saturated rings. The van der Waals surface area contributed by atoms with E-state index in [-0.39, 0.29) is 6.61 Å². The van der Waals surface area contributed by atoms with E-state index in [1.54, 1.807) is 0 Å². The van der Waals surface area contributed by atoms with Gasteiger partial charge in [0.05, 0.1) is 6.61 Å². The topological polar surface area (TPSA) is 52.6 Å². The van der Waals surface area contributed by atoms with Crippen LogP contribution < -0.4 is 0 Å². The maximum absolute atomic E-state index is 11.4. The molecule has 0 saturated carbocycles. The van der Waals surface area contributed by atoms with Crippen molar-refractivity contribution in [2.45, 2.75) is 13.3 Å². The number of carbonyl (C=O) groups is 2. The van der Waals surface area contributed by atoms with E-state index in [0.29, 0.717) is 12.2 Å². The van der Waals surface area contributed by atoms with Gasteiger partial charge in [0.1, 0.15) is 0 Å². The zero-order valence-corrected chi connectivity index (χ0v) is 7.13. The molecule has 0 amide bonds. The van der Waals surface area contributed by atoms with Gasteiger partial charge in [-0.05, 0) is 6.92 Å². The molecule has 7 heteroatoms. The van der Waals surface area contributed by atoms with Gasteiger partial charge in [-0.2, -0.15) is 0 Å². The number of hydrogen-bond donors (Lipinski definition) is 0. The second kappa shape index (κ2) is 5.25. The Kier molecular flexibility index (Phi) is 4.68. The van der Waals surface area contributed by atoms with Gasteiger partial charge in [0, 0.05) is 12.2 Å². The zero-order valence-electron chi connectivity index (χ0n) is 7.13. The van der Waals surface area contributed by atoms with Gasteiger partial charge in [-0.3, -0.25) is 0 Å². The fraction of sp³-hybridized carbons (Fsp3) is 0.429. The molecule has 0 aliphatic heterocycles. The first-order valence-corrected chi connectivity index (χ1v) is 3.49. The van der Waals surface area contributed by atoms with Crippen LogP contribution in [0.2, 0.25) is 0 Å². The smallest absolute Gasteiger partial charge is 0.463 e. The molecule has 0 rings (SSSR count). The Morgan fingerprint density at radius 3 is 2.14 bits per heavy atom. The van der Waals surface area contributed by atoms with Crippen LogP contribution in [0, 0.1) is 0 Å². The molecule has 0 aliphatic rings. The first-order chi connectivity index (χ1) is 6.35. The van der Waals surface area contributed by atoms with Crippen LogP contribution in [0.5, 0.6) is 0 Å². The van der Waals surface area contributed by atoms with Crippen molar-refractivity contribution in [2.24, 2.45) is 0 Å². The summed E-state index contributed by atoms with van der Waals surface area (Å²) in [7, 11) is 0. The Labute approximate surface area is 77.3 Å². The minimum Gasteiger partial charge on any atom is -0.463 e. The second-order valence-corrected chi connectivity index (χ2v) is 1.95. The molecule has 0 unspecified atom stereocenters. The summed E-state index contributed by atoms with van der Waals surface area (Å²) in [5.41, 5.74) is 0. The number of esters is 2. The lowest BCUT2D eigenvalue weighted by Crippen LogP contribution is -2.17. The standard InChI is InChI=1S/C7H7F3O4/c1-2-13-5(11)3-4-6(12)14-7(8,9)10/h3-4H,2H2,1H3/b4-3+. The Balaban J connectivity index is 4.00. The van der Waals surface area contributed by atoms with Gasteiger partial charge in [-0.15, -0.1) is 13.2 Å². The summed E-state index contributed by atoms with van der Waals surface area (Å²) in [6, 6.07) is 0. The number of rotatable bonds is 3. The molecule has 0 saturated heterocycles. The maximum atomic E-state index is 11.4. The fourth-order valence-corrected chi connectivity index (χ4v) is 0.475. The van der Waals surface area contributed by atoms with Gasteiger partial charge in [-0.25, -0.2) is 9.59 Å². The molecule has 80 valence electrons. The van der Waals surface area contributed by atoms with Crippen LogP contribution in [0.3, 0.4) is 0 Å². The average Bonchev–Trinajstić information content (AvgIpc) is 1.98. The van der Waals surface area contributed by atoms with Crippen molar-refractivity contribution in [1.29, 1.82) is 0 Å². The van der Waals surface area contributed by atoms with E-state index in [9.17, 15) is 22.8 Å². The van der Waals surface area contributed by atoms with E-state index in [2.05, 4.69) is 9.47 Å². The molecule has 0 atom stereocenters. The number of carbonyl (C=O) groups excluding carboxylic acids is 2. The van der Waals surface area contributed by atoms with E-state index >= 15 is 0 Å². The van der Waals surface area contributed by atoms with E-state index in [1.807, 2.05) is 0 Å². The molecule has 0 aromatic heterocycles. The highest BCUT2D eigenvalue weighted by Crippen LogP contribution is 2.16. The van der Waals surface area contributed by atoms with Gasteiger partial charge < -0.3 is 9.47 Å². The molecule has 0 aromatic rings. The van der Waals surface area contributed by atoms with Gasteiger partial charge in [0.25, 0.3) is 0 Å². The van der Waals surface area contributed by atoms with Crippen LogP contribution in [-0.4, -0.2) is 24.9 Å². The summed E-state index contributed by atoms with van der Waals surface area (Å²) in [6.07, 6.45) is -4.15. The van der Waals surface area contributed by atoms with Gasteiger partial charge >= 0.3 is 18.3 Å². The van der Waals surface area contributed by atoms with Crippen LogP contribution >= 0.6 is 0 Å². The fourth-order valence-electron chi connectivity index (χ4n) is 0.475. The van der Waals surface area contributed by atoms with Crippen LogP contribution in [-0.2, 0) is 19.1 Å². The minimum atomic E-state index is -5.05. The summed E-state index contributed by atoms with van der Waals surface area (Å²) in [5, 5.41) is 0. The number of hydrogen-bond acceptors (Lipinski definition) is 4. The Morgan fingerprint density at radius 1 is 1.21 bits per heavy atom. The third-order valence-corrected chi connectivity index (χ3v) is 0.858. The lowest BCUT2D eigenvalue weighted by Gasteiger charge is -2.03. The summed E-state index contributed by atoms with van der Waals surface area (Å²) in [4.78, 5) is 20.8. The lowest BCUT2D eigenvalue weighted by atomic mass is 10.5. The molecule has 14 heavy (non-hydrogen) atoms. The van der Waals surface area contributed by atoms with Gasteiger partial charge in [0.2, 0.25) is 0 Å². The maximum Gasteiger partial charge on any atom is 0.575 e. The molecular formula is C7H7F3O4. The first-order valence-electron chi connectivity index (χ1n) is 3.49.